The highest BCUT2D eigenvalue weighted by Crippen LogP contribution is 2.61. The molecule has 1 aromatic rings. The molecule has 174 valence electrons. The maximum Gasteiger partial charge on any atom is 0.260 e. The number of amides is 2. The van der Waals surface area contributed by atoms with Gasteiger partial charge in [0.05, 0.1) is 0 Å². The second kappa shape index (κ2) is 8.72. The van der Waals surface area contributed by atoms with Crippen molar-refractivity contribution in [2.75, 3.05) is 19.7 Å². The molecule has 1 heterocycles. The van der Waals surface area contributed by atoms with Gasteiger partial charge in [0.25, 0.3) is 5.91 Å². The predicted molar refractivity (Wildman–Crippen MR) is 124 cm³/mol. The molecular formula is C27H38N2O3. The molecule has 1 N–H and O–H groups in total. The third kappa shape index (κ3) is 4.67. The van der Waals surface area contributed by atoms with Crippen molar-refractivity contribution < 1.29 is 14.3 Å². The highest BCUT2D eigenvalue weighted by Gasteiger charge is 2.51. The molecule has 4 bridgehead atoms. The number of nitrogens with zero attached hydrogens (tertiary/aromatic N) is 1. The van der Waals surface area contributed by atoms with E-state index in [4.69, 9.17) is 4.74 Å². The van der Waals surface area contributed by atoms with Crippen LogP contribution in [0.4, 0.5) is 0 Å². The lowest BCUT2D eigenvalue weighted by Crippen LogP contribution is -2.50. The Bertz CT molecular complexity index is 836. The van der Waals surface area contributed by atoms with E-state index < -0.39 is 0 Å². The van der Waals surface area contributed by atoms with Gasteiger partial charge in [-0.2, -0.15) is 0 Å². The van der Waals surface area contributed by atoms with E-state index >= 15 is 0 Å². The van der Waals surface area contributed by atoms with Crippen molar-refractivity contribution in [2.45, 2.75) is 77.7 Å². The summed E-state index contributed by atoms with van der Waals surface area (Å²) in [5, 5.41) is 3.31. The predicted octanol–water partition coefficient (Wildman–Crippen LogP) is 4.40. The van der Waals surface area contributed by atoms with E-state index in [2.05, 4.69) is 12.2 Å². The molecule has 0 atom stereocenters. The van der Waals surface area contributed by atoms with Crippen LogP contribution in [0.15, 0.2) is 18.2 Å². The van der Waals surface area contributed by atoms with Crippen LogP contribution in [0, 0.1) is 37.0 Å². The summed E-state index contributed by atoms with van der Waals surface area (Å²) in [6, 6.07) is 6.11. The van der Waals surface area contributed by atoms with Crippen LogP contribution in [0.2, 0.25) is 0 Å². The second-order valence-electron chi connectivity index (χ2n) is 11.4. The zero-order chi connectivity index (χ0) is 22.3. The van der Waals surface area contributed by atoms with Crippen LogP contribution < -0.4 is 10.1 Å². The summed E-state index contributed by atoms with van der Waals surface area (Å²) in [6.07, 6.45) is 10.5. The van der Waals surface area contributed by atoms with E-state index in [1.54, 1.807) is 0 Å². The lowest BCUT2D eigenvalue weighted by Gasteiger charge is -2.56. The number of aryl methyl sites for hydroxylation is 2. The smallest absolute Gasteiger partial charge is 0.260 e. The molecule has 1 aliphatic heterocycles. The van der Waals surface area contributed by atoms with Gasteiger partial charge < -0.3 is 15.0 Å². The van der Waals surface area contributed by atoms with E-state index in [0.717, 1.165) is 42.8 Å². The van der Waals surface area contributed by atoms with Crippen molar-refractivity contribution in [3.8, 4) is 5.75 Å². The molecule has 1 aromatic carbocycles. The summed E-state index contributed by atoms with van der Waals surface area (Å²) in [6.45, 7) is 5.57. The van der Waals surface area contributed by atoms with Crippen LogP contribution in [0.3, 0.4) is 0 Å². The lowest BCUT2D eigenvalue weighted by molar-refractivity contribution is -0.134. The molecular weight excluding hydrogens is 400 g/mol. The number of carbonyl (C=O) groups excluding carboxylic acids is 2. The first-order valence-electron chi connectivity index (χ1n) is 12.6. The molecule has 5 fully saturated rings. The van der Waals surface area contributed by atoms with Gasteiger partial charge in [0.2, 0.25) is 5.91 Å². The molecule has 0 spiro atoms. The first-order chi connectivity index (χ1) is 15.4. The average Bonchev–Trinajstić information content (AvgIpc) is 2.73. The quantitative estimate of drug-likeness (QED) is 0.716. The molecule has 5 heteroatoms. The Morgan fingerprint density at radius 1 is 1.00 bits per heavy atom. The zero-order valence-electron chi connectivity index (χ0n) is 19.7. The Hall–Kier alpha value is -2.04. The van der Waals surface area contributed by atoms with Gasteiger partial charge in [-0.15, -0.1) is 0 Å². The molecule has 32 heavy (non-hydrogen) atoms. The Morgan fingerprint density at radius 2 is 1.62 bits per heavy atom. The molecule has 4 saturated carbocycles. The molecule has 1 saturated heterocycles. The molecule has 0 radical (unpaired) electrons. The number of hydrogen-bond acceptors (Lipinski definition) is 3. The fourth-order valence-corrected chi connectivity index (χ4v) is 7.44. The van der Waals surface area contributed by atoms with Gasteiger partial charge in [0.1, 0.15) is 5.75 Å². The maximum atomic E-state index is 12.9. The summed E-state index contributed by atoms with van der Waals surface area (Å²) in [4.78, 5) is 27.4. The first kappa shape index (κ1) is 21.8. The van der Waals surface area contributed by atoms with Gasteiger partial charge in [-0.1, -0.05) is 6.07 Å². The number of ether oxygens (including phenoxy) is 1. The van der Waals surface area contributed by atoms with Gasteiger partial charge in [0.15, 0.2) is 6.61 Å². The summed E-state index contributed by atoms with van der Waals surface area (Å²) in [5.74, 6) is 3.67. The minimum atomic E-state index is 0.0292. The van der Waals surface area contributed by atoms with Crippen LogP contribution in [-0.4, -0.2) is 42.5 Å². The van der Waals surface area contributed by atoms with Crippen LogP contribution >= 0.6 is 0 Å². The summed E-state index contributed by atoms with van der Waals surface area (Å²) < 4.78 is 5.72. The topological polar surface area (TPSA) is 58.6 Å². The SMILES string of the molecule is Cc1ccc(OCC(=O)N2CCC(NC(=O)CC34CC5CC(CC(C5)C3)C4)CC2)cc1C. The van der Waals surface area contributed by atoms with E-state index in [0.29, 0.717) is 18.5 Å². The van der Waals surface area contributed by atoms with E-state index in [1.807, 2.05) is 30.0 Å². The molecule has 6 rings (SSSR count). The maximum absolute atomic E-state index is 12.9. The highest BCUT2D eigenvalue weighted by atomic mass is 16.5. The van der Waals surface area contributed by atoms with Crippen molar-refractivity contribution in [1.29, 1.82) is 0 Å². The van der Waals surface area contributed by atoms with Gasteiger partial charge in [-0.25, -0.2) is 0 Å². The van der Waals surface area contributed by atoms with Gasteiger partial charge in [-0.05, 0) is 112 Å². The van der Waals surface area contributed by atoms with Gasteiger partial charge in [-0.3, -0.25) is 9.59 Å². The van der Waals surface area contributed by atoms with Crippen molar-refractivity contribution in [2.24, 2.45) is 23.2 Å². The van der Waals surface area contributed by atoms with Crippen molar-refractivity contribution in [3.63, 3.8) is 0 Å². The third-order valence-corrected chi connectivity index (χ3v) is 8.75. The van der Waals surface area contributed by atoms with Crippen LogP contribution in [0.1, 0.15) is 68.9 Å². The number of piperidine rings is 1. The number of hydrogen-bond donors (Lipinski definition) is 1. The minimum Gasteiger partial charge on any atom is -0.484 e. The van der Waals surface area contributed by atoms with Crippen molar-refractivity contribution in [1.82, 2.24) is 10.2 Å². The molecule has 5 nitrogen and oxygen atoms in total. The number of likely N-dealkylation sites (tertiary alicyclic amines) is 1. The third-order valence-electron chi connectivity index (χ3n) is 8.75. The fraction of sp³-hybridized carbons (Fsp3) is 0.704. The van der Waals surface area contributed by atoms with Crippen LogP contribution in [-0.2, 0) is 9.59 Å². The summed E-state index contributed by atoms with van der Waals surface area (Å²) in [7, 11) is 0. The van der Waals surface area contributed by atoms with Crippen LogP contribution in [0.25, 0.3) is 0 Å². The van der Waals surface area contributed by atoms with E-state index in [1.165, 1.54) is 49.7 Å². The van der Waals surface area contributed by atoms with Crippen molar-refractivity contribution >= 4 is 11.8 Å². The molecule has 4 aliphatic carbocycles. The minimum absolute atomic E-state index is 0.0292. The normalized spacial score (nSPS) is 31.6. The first-order valence-corrected chi connectivity index (χ1v) is 12.6. The highest BCUT2D eigenvalue weighted by molar-refractivity contribution is 5.78. The van der Waals surface area contributed by atoms with E-state index in [9.17, 15) is 9.59 Å². The van der Waals surface area contributed by atoms with Crippen LogP contribution in [0.5, 0.6) is 5.75 Å². The Balaban J connectivity index is 1.05. The Kier molecular flexibility index (Phi) is 5.94. The zero-order valence-corrected chi connectivity index (χ0v) is 19.7. The van der Waals surface area contributed by atoms with Gasteiger partial charge in [0, 0.05) is 25.6 Å². The number of nitrogens with one attached hydrogen (secondary N) is 1. The number of carbonyl (C=O) groups is 2. The summed E-state index contributed by atoms with van der Waals surface area (Å²) in [5.41, 5.74) is 2.68. The standard InChI is InChI=1S/C27H38N2O3/c1-18-3-4-24(9-19(18)2)32-17-26(31)29-7-5-23(6-8-29)28-25(30)16-27-13-20-10-21(14-27)12-22(11-20)15-27/h3-4,9,20-23H,5-8,10-17H2,1-2H3,(H,28,30). The largest absolute Gasteiger partial charge is 0.484 e. The molecule has 2 amide bonds. The average molecular weight is 439 g/mol. The number of rotatable bonds is 6. The van der Waals surface area contributed by atoms with E-state index in [-0.39, 0.29) is 24.5 Å². The lowest BCUT2D eigenvalue weighted by atomic mass is 9.49. The Morgan fingerprint density at radius 3 is 2.22 bits per heavy atom. The number of benzene rings is 1. The fourth-order valence-electron chi connectivity index (χ4n) is 7.44. The van der Waals surface area contributed by atoms with Gasteiger partial charge >= 0.3 is 0 Å². The second-order valence-corrected chi connectivity index (χ2v) is 11.4. The van der Waals surface area contributed by atoms with Crippen molar-refractivity contribution in [3.05, 3.63) is 29.3 Å². The Labute approximate surface area is 192 Å². The summed E-state index contributed by atoms with van der Waals surface area (Å²) >= 11 is 0. The monoisotopic (exact) mass is 438 g/mol. The molecule has 0 unspecified atom stereocenters. The molecule has 5 aliphatic rings. The molecule has 0 aromatic heterocycles.